The SMILES string of the molecule is CC(C)CN(C(=O)c1cccc(Br)c1)c1c(N)n(CC(C)C)c(=O)[nH]c1=O. The van der Waals surface area contributed by atoms with Gasteiger partial charge in [-0.25, -0.2) is 4.79 Å². The number of H-pyrrole nitrogens is 1. The van der Waals surface area contributed by atoms with Gasteiger partial charge in [-0.1, -0.05) is 49.7 Å². The first kappa shape index (κ1) is 21.0. The molecule has 0 atom stereocenters. The van der Waals surface area contributed by atoms with Crippen molar-refractivity contribution in [3.63, 3.8) is 0 Å². The normalized spacial score (nSPS) is 11.2. The smallest absolute Gasteiger partial charge is 0.330 e. The van der Waals surface area contributed by atoms with E-state index < -0.39 is 11.2 Å². The first-order valence-corrected chi connectivity index (χ1v) is 9.61. The van der Waals surface area contributed by atoms with Crippen LogP contribution >= 0.6 is 15.9 Å². The number of carbonyl (C=O) groups excluding carboxylic acids is 1. The molecule has 2 rings (SSSR count). The molecular weight excluding hydrogens is 412 g/mol. The lowest BCUT2D eigenvalue weighted by atomic mass is 10.1. The van der Waals surface area contributed by atoms with E-state index in [9.17, 15) is 14.4 Å². The monoisotopic (exact) mass is 436 g/mol. The van der Waals surface area contributed by atoms with Gasteiger partial charge in [-0.3, -0.25) is 19.1 Å². The van der Waals surface area contributed by atoms with Crippen LogP contribution in [0.1, 0.15) is 38.1 Å². The molecule has 1 aromatic carbocycles. The van der Waals surface area contributed by atoms with Crippen LogP contribution in [0.25, 0.3) is 0 Å². The molecule has 0 spiro atoms. The number of carbonyl (C=O) groups is 1. The number of anilines is 2. The molecule has 27 heavy (non-hydrogen) atoms. The van der Waals surface area contributed by atoms with Gasteiger partial charge >= 0.3 is 5.69 Å². The van der Waals surface area contributed by atoms with E-state index in [0.29, 0.717) is 18.7 Å². The third-order valence-corrected chi connectivity index (χ3v) is 4.39. The zero-order valence-corrected chi connectivity index (χ0v) is 17.5. The summed E-state index contributed by atoms with van der Waals surface area (Å²) in [6, 6.07) is 6.92. The van der Waals surface area contributed by atoms with Crippen LogP contribution in [0.5, 0.6) is 0 Å². The number of amides is 1. The van der Waals surface area contributed by atoms with E-state index >= 15 is 0 Å². The highest BCUT2D eigenvalue weighted by Gasteiger charge is 2.26. The zero-order chi connectivity index (χ0) is 20.3. The maximum Gasteiger partial charge on any atom is 0.330 e. The Morgan fingerprint density at radius 2 is 1.89 bits per heavy atom. The number of nitrogens with zero attached hydrogens (tertiary/aromatic N) is 2. The van der Waals surface area contributed by atoms with Crippen molar-refractivity contribution in [2.24, 2.45) is 11.8 Å². The van der Waals surface area contributed by atoms with Gasteiger partial charge in [-0.15, -0.1) is 0 Å². The predicted octanol–water partition coefficient (Wildman–Crippen LogP) is 2.84. The molecule has 1 aromatic heterocycles. The second-order valence-corrected chi connectivity index (χ2v) is 8.23. The highest BCUT2D eigenvalue weighted by Crippen LogP contribution is 2.22. The van der Waals surface area contributed by atoms with Gasteiger partial charge in [0.1, 0.15) is 5.82 Å². The molecule has 0 radical (unpaired) electrons. The summed E-state index contributed by atoms with van der Waals surface area (Å²) < 4.78 is 2.06. The average Bonchev–Trinajstić information content (AvgIpc) is 2.56. The summed E-state index contributed by atoms with van der Waals surface area (Å²) >= 11 is 3.36. The van der Waals surface area contributed by atoms with Crippen molar-refractivity contribution in [3.05, 3.63) is 55.1 Å². The number of hydrogen-bond acceptors (Lipinski definition) is 4. The Hall–Kier alpha value is -2.35. The maximum absolute atomic E-state index is 13.2. The quantitative estimate of drug-likeness (QED) is 0.726. The molecule has 0 fully saturated rings. The Kier molecular flexibility index (Phi) is 6.64. The summed E-state index contributed by atoms with van der Waals surface area (Å²) in [6.45, 7) is 8.39. The number of nitrogens with one attached hydrogen (secondary N) is 1. The molecule has 7 nitrogen and oxygen atoms in total. The lowest BCUT2D eigenvalue weighted by Gasteiger charge is -2.26. The Morgan fingerprint density at radius 1 is 1.22 bits per heavy atom. The summed E-state index contributed by atoms with van der Waals surface area (Å²) in [5.74, 6) is -0.119. The predicted molar refractivity (Wildman–Crippen MR) is 111 cm³/mol. The molecule has 0 aliphatic carbocycles. The van der Waals surface area contributed by atoms with Crippen LogP contribution in [0.2, 0.25) is 0 Å². The lowest BCUT2D eigenvalue weighted by Crippen LogP contribution is -2.43. The summed E-state index contributed by atoms with van der Waals surface area (Å²) in [5, 5.41) is 0. The van der Waals surface area contributed by atoms with Crippen molar-refractivity contribution in [1.82, 2.24) is 9.55 Å². The highest BCUT2D eigenvalue weighted by atomic mass is 79.9. The number of aromatic amines is 1. The second kappa shape index (κ2) is 8.56. The van der Waals surface area contributed by atoms with E-state index in [-0.39, 0.29) is 29.2 Å². The van der Waals surface area contributed by atoms with Gasteiger partial charge in [-0.05, 0) is 30.0 Å². The number of nitrogens with two attached hydrogens (primary N) is 1. The van der Waals surface area contributed by atoms with Crippen molar-refractivity contribution >= 4 is 33.3 Å². The molecule has 8 heteroatoms. The van der Waals surface area contributed by atoms with E-state index in [1.54, 1.807) is 18.2 Å². The van der Waals surface area contributed by atoms with E-state index in [0.717, 1.165) is 4.47 Å². The van der Waals surface area contributed by atoms with E-state index in [2.05, 4.69) is 20.9 Å². The molecule has 1 amide bonds. The third kappa shape index (κ3) is 4.88. The number of nitrogen functional groups attached to an aromatic ring is 1. The van der Waals surface area contributed by atoms with Crippen molar-refractivity contribution < 1.29 is 4.79 Å². The molecule has 3 N–H and O–H groups in total. The van der Waals surface area contributed by atoms with Gasteiger partial charge in [0, 0.05) is 23.1 Å². The van der Waals surface area contributed by atoms with Crippen LogP contribution in [0.3, 0.4) is 0 Å². The highest BCUT2D eigenvalue weighted by molar-refractivity contribution is 9.10. The average molecular weight is 437 g/mol. The molecule has 0 aliphatic heterocycles. The van der Waals surface area contributed by atoms with Crippen molar-refractivity contribution in [2.75, 3.05) is 17.2 Å². The summed E-state index contributed by atoms with van der Waals surface area (Å²) in [7, 11) is 0. The first-order chi connectivity index (χ1) is 12.6. The minimum Gasteiger partial charge on any atom is -0.383 e. The minimum atomic E-state index is -0.665. The van der Waals surface area contributed by atoms with Crippen LogP contribution in [0, 0.1) is 11.8 Å². The third-order valence-electron chi connectivity index (χ3n) is 3.90. The van der Waals surface area contributed by atoms with Crippen LogP contribution in [-0.4, -0.2) is 22.0 Å². The van der Waals surface area contributed by atoms with Crippen LogP contribution in [-0.2, 0) is 6.54 Å². The molecule has 0 saturated heterocycles. The van der Waals surface area contributed by atoms with Crippen LogP contribution in [0.15, 0.2) is 38.3 Å². The summed E-state index contributed by atoms with van der Waals surface area (Å²) in [6.07, 6.45) is 0. The Balaban J connectivity index is 2.65. The largest absolute Gasteiger partial charge is 0.383 e. The lowest BCUT2D eigenvalue weighted by molar-refractivity contribution is 0.0983. The van der Waals surface area contributed by atoms with E-state index in [1.165, 1.54) is 9.47 Å². The molecule has 1 heterocycles. The van der Waals surface area contributed by atoms with Crippen LogP contribution < -0.4 is 21.9 Å². The Morgan fingerprint density at radius 3 is 2.44 bits per heavy atom. The molecule has 0 saturated carbocycles. The van der Waals surface area contributed by atoms with Gasteiger partial charge in [0.15, 0.2) is 5.69 Å². The van der Waals surface area contributed by atoms with Crippen molar-refractivity contribution in [3.8, 4) is 0 Å². The summed E-state index contributed by atoms with van der Waals surface area (Å²) in [4.78, 5) is 41.6. The molecule has 0 bridgehead atoms. The molecule has 146 valence electrons. The topological polar surface area (TPSA) is 101 Å². The maximum atomic E-state index is 13.2. The van der Waals surface area contributed by atoms with Crippen LogP contribution in [0.4, 0.5) is 11.5 Å². The van der Waals surface area contributed by atoms with Gasteiger partial charge in [0.2, 0.25) is 0 Å². The number of benzene rings is 1. The summed E-state index contributed by atoms with van der Waals surface area (Å²) in [5.41, 5.74) is 5.39. The van der Waals surface area contributed by atoms with Crippen molar-refractivity contribution in [2.45, 2.75) is 34.2 Å². The standard InChI is InChI=1S/C19H25BrN4O3/c1-11(2)9-23(18(26)13-6-5-7-14(20)8-13)15-16(21)24(10-12(3)4)19(27)22-17(15)25/h5-8,11-12H,9-10,21H2,1-4H3,(H,22,25,27). The van der Waals surface area contributed by atoms with Gasteiger partial charge < -0.3 is 10.6 Å². The Bertz CT molecular complexity index is 947. The minimum absolute atomic E-state index is 0.00134. The fraction of sp³-hybridized carbons (Fsp3) is 0.421. The van der Waals surface area contributed by atoms with E-state index in [4.69, 9.17) is 5.73 Å². The molecule has 2 aromatic rings. The van der Waals surface area contributed by atoms with E-state index in [1.807, 2.05) is 33.8 Å². The van der Waals surface area contributed by atoms with Gasteiger partial charge in [-0.2, -0.15) is 0 Å². The molecule has 0 unspecified atom stereocenters. The number of hydrogen-bond donors (Lipinski definition) is 2. The first-order valence-electron chi connectivity index (χ1n) is 8.81. The Labute approximate surface area is 166 Å². The van der Waals surface area contributed by atoms with Gasteiger partial charge in [0.05, 0.1) is 0 Å². The number of halogens is 1. The zero-order valence-electron chi connectivity index (χ0n) is 16.0. The van der Waals surface area contributed by atoms with Gasteiger partial charge in [0.25, 0.3) is 11.5 Å². The molecule has 0 aliphatic rings. The van der Waals surface area contributed by atoms with Crippen molar-refractivity contribution in [1.29, 1.82) is 0 Å². The number of rotatable bonds is 6. The fourth-order valence-electron chi connectivity index (χ4n) is 2.80. The molecular formula is C19H25BrN4O3. The second-order valence-electron chi connectivity index (χ2n) is 7.32. The fourth-order valence-corrected chi connectivity index (χ4v) is 3.20. The number of aromatic nitrogens is 2.